The number of halogens is 3. The van der Waals surface area contributed by atoms with Crippen molar-refractivity contribution < 1.29 is 32.2 Å². The van der Waals surface area contributed by atoms with Gasteiger partial charge >= 0.3 is 12.1 Å². The molecule has 0 saturated carbocycles. The van der Waals surface area contributed by atoms with Crippen LogP contribution in [0.25, 0.3) is 0 Å². The number of carbonyl (C=O) groups is 2. The summed E-state index contributed by atoms with van der Waals surface area (Å²) in [5, 5.41) is 2.09. The molecular formula is C17H14F3NO4. The number of alkyl halides is 3. The largest absolute Gasteiger partial charge is 0.496 e. The molecule has 1 N–H and O–H groups in total. The summed E-state index contributed by atoms with van der Waals surface area (Å²) in [7, 11) is 1.37. The van der Waals surface area contributed by atoms with Gasteiger partial charge in [0.1, 0.15) is 11.3 Å². The number of para-hydroxylation sites is 2. The Morgan fingerprint density at radius 2 is 1.68 bits per heavy atom. The van der Waals surface area contributed by atoms with Gasteiger partial charge in [0, 0.05) is 0 Å². The van der Waals surface area contributed by atoms with E-state index in [1.165, 1.54) is 31.4 Å². The average Bonchev–Trinajstić information content (AvgIpc) is 2.59. The number of rotatable bonds is 5. The number of carbonyl (C=O) groups excluding carboxylic acids is 2. The number of anilines is 1. The van der Waals surface area contributed by atoms with Crippen LogP contribution in [0.15, 0.2) is 48.5 Å². The first kappa shape index (κ1) is 18.3. The zero-order chi connectivity index (χ0) is 18.4. The quantitative estimate of drug-likeness (QED) is 0.836. The number of esters is 1. The fourth-order valence-electron chi connectivity index (χ4n) is 2.05. The molecule has 0 unspecified atom stereocenters. The van der Waals surface area contributed by atoms with Crippen molar-refractivity contribution in [2.24, 2.45) is 0 Å². The van der Waals surface area contributed by atoms with Crippen molar-refractivity contribution in [2.75, 3.05) is 19.0 Å². The summed E-state index contributed by atoms with van der Waals surface area (Å²) in [4.78, 5) is 23.7. The normalized spacial score (nSPS) is 10.9. The molecule has 132 valence electrons. The van der Waals surface area contributed by atoms with Crippen LogP contribution in [0.4, 0.5) is 18.9 Å². The number of nitrogens with one attached hydrogen (secondary N) is 1. The van der Waals surface area contributed by atoms with E-state index in [2.05, 4.69) is 5.32 Å². The molecule has 2 aromatic carbocycles. The fraction of sp³-hybridized carbons (Fsp3) is 0.176. The summed E-state index contributed by atoms with van der Waals surface area (Å²) < 4.78 is 48.4. The molecule has 0 saturated heterocycles. The molecule has 0 aromatic heterocycles. The average molecular weight is 353 g/mol. The summed E-state index contributed by atoms with van der Waals surface area (Å²) in [5.74, 6) is -1.45. The molecule has 8 heteroatoms. The zero-order valence-electron chi connectivity index (χ0n) is 13.1. The Hall–Kier alpha value is -3.03. The molecule has 0 heterocycles. The van der Waals surface area contributed by atoms with Gasteiger partial charge in [-0.25, -0.2) is 4.79 Å². The van der Waals surface area contributed by atoms with Crippen LogP contribution in [0.3, 0.4) is 0 Å². The topological polar surface area (TPSA) is 64.6 Å². The van der Waals surface area contributed by atoms with Gasteiger partial charge in [-0.1, -0.05) is 24.3 Å². The minimum atomic E-state index is -4.61. The Bertz CT molecular complexity index is 774. The first-order valence-corrected chi connectivity index (χ1v) is 7.09. The summed E-state index contributed by atoms with van der Waals surface area (Å²) in [6.07, 6.45) is -4.61. The highest BCUT2D eigenvalue weighted by atomic mass is 19.4. The van der Waals surface area contributed by atoms with Gasteiger partial charge in [-0.2, -0.15) is 13.2 Å². The highest BCUT2D eigenvalue weighted by Gasteiger charge is 2.33. The monoisotopic (exact) mass is 353 g/mol. The van der Waals surface area contributed by atoms with Gasteiger partial charge in [-0.05, 0) is 24.3 Å². The van der Waals surface area contributed by atoms with Crippen LogP contribution in [0.2, 0.25) is 0 Å². The van der Waals surface area contributed by atoms with Crippen molar-refractivity contribution in [1.29, 1.82) is 0 Å². The fourth-order valence-corrected chi connectivity index (χ4v) is 2.05. The van der Waals surface area contributed by atoms with Gasteiger partial charge in [-0.15, -0.1) is 0 Å². The maximum Gasteiger partial charge on any atom is 0.418 e. The van der Waals surface area contributed by atoms with Crippen LogP contribution in [-0.4, -0.2) is 25.6 Å². The predicted octanol–water partition coefficient (Wildman–Crippen LogP) is 3.51. The van der Waals surface area contributed by atoms with Gasteiger partial charge < -0.3 is 14.8 Å². The van der Waals surface area contributed by atoms with E-state index in [9.17, 15) is 22.8 Å². The molecule has 0 aliphatic carbocycles. The molecule has 25 heavy (non-hydrogen) atoms. The lowest BCUT2D eigenvalue weighted by Gasteiger charge is -2.13. The number of amides is 1. The van der Waals surface area contributed by atoms with Crippen molar-refractivity contribution in [1.82, 2.24) is 0 Å². The number of methoxy groups -OCH3 is 1. The van der Waals surface area contributed by atoms with Crippen LogP contribution < -0.4 is 10.1 Å². The van der Waals surface area contributed by atoms with Crippen LogP contribution >= 0.6 is 0 Å². The third-order valence-electron chi connectivity index (χ3n) is 3.17. The highest BCUT2D eigenvalue weighted by Crippen LogP contribution is 2.34. The van der Waals surface area contributed by atoms with Crippen molar-refractivity contribution >= 4 is 17.6 Å². The lowest BCUT2D eigenvalue weighted by atomic mass is 10.1. The summed E-state index contributed by atoms with van der Waals surface area (Å²) >= 11 is 0. The van der Waals surface area contributed by atoms with Gasteiger partial charge in [0.2, 0.25) is 0 Å². The maximum absolute atomic E-state index is 12.9. The third kappa shape index (κ3) is 4.72. The second-order valence-electron chi connectivity index (χ2n) is 4.87. The molecule has 2 aromatic rings. The van der Waals surface area contributed by atoms with E-state index in [1.807, 2.05) is 0 Å². The Labute approximate surface area is 141 Å². The van der Waals surface area contributed by atoms with E-state index in [1.54, 1.807) is 12.1 Å². The molecule has 5 nitrogen and oxygen atoms in total. The predicted molar refractivity (Wildman–Crippen MR) is 83.4 cm³/mol. The second-order valence-corrected chi connectivity index (χ2v) is 4.87. The number of benzene rings is 2. The van der Waals surface area contributed by atoms with Gasteiger partial charge in [0.05, 0.1) is 18.4 Å². The Morgan fingerprint density at radius 3 is 2.36 bits per heavy atom. The zero-order valence-corrected chi connectivity index (χ0v) is 13.1. The van der Waals surface area contributed by atoms with Gasteiger partial charge in [0.25, 0.3) is 5.91 Å². The summed E-state index contributed by atoms with van der Waals surface area (Å²) in [6.45, 7) is -0.733. The molecule has 0 spiro atoms. The van der Waals surface area contributed by atoms with Crippen molar-refractivity contribution in [2.45, 2.75) is 6.18 Å². The Kier molecular flexibility index (Phi) is 5.63. The Morgan fingerprint density at radius 1 is 1.04 bits per heavy atom. The van der Waals surface area contributed by atoms with Crippen LogP contribution in [0, 0.1) is 0 Å². The smallest absolute Gasteiger partial charge is 0.418 e. The minimum Gasteiger partial charge on any atom is -0.496 e. The van der Waals surface area contributed by atoms with E-state index in [0.29, 0.717) is 0 Å². The number of ether oxygens (including phenoxy) is 2. The van der Waals surface area contributed by atoms with Crippen molar-refractivity contribution in [3.8, 4) is 5.75 Å². The Balaban J connectivity index is 2.01. The van der Waals surface area contributed by atoms with Crippen LogP contribution in [0.1, 0.15) is 15.9 Å². The van der Waals surface area contributed by atoms with E-state index in [-0.39, 0.29) is 11.3 Å². The third-order valence-corrected chi connectivity index (χ3v) is 3.17. The SMILES string of the molecule is COc1ccccc1C(=O)OCC(=O)Nc1ccccc1C(F)(F)F. The van der Waals surface area contributed by atoms with E-state index in [4.69, 9.17) is 9.47 Å². The lowest BCUT2D eigenvalue weighted by Crippen LogP contribution is -2.23. The van der Waals surface area contributed by atoms with Crippen LogP contribution in [-0.2, 0) is 15.7 Å². The molecule has 0 atom stereocenters. The standard InChI is InChI=1S/C17H14F3NO4/c1-24-14-9-5-2-6-11(14)16(23)25-10-15(22)21-13-8-4-3-7-12(13)17(18,19)20/h2-9H,10H2,1H3,(H,21,22). The molecule has 0 fully saturated rings. The van der Waals surface area contributed by atoms with Crippen molar-refractivity contribution in [3.63, 3.8) is 0 Å². The molecular weight excluding hydrogens is 339 g/mol. The summed E-state index contributed by atoms with van der Waals surface area (Å²) in [6, 6.07) is 10.7. The first-order valence-electron chi connectivity index (χ1n) is 7.09. The van der Waals surface area contributed by atoms with E-state index >= 15 is 0 Å². The van der Waals surface area contributed by atoms with E-state index in [0.717, 1.165) is 12.1 Å². The second kappa shape index (κ2) is 7.69. The van der Waals surface area contributed by atoms with E-state index < -0.39 is 35.9 Å². The van der Waals surface area contributed by atoms with Gasteiger partial charge in [-0.3, -0.25) is 4.79 Å². The minimum absolute atomic E-state index is 0.105. The molecule has 2 rings (SSSR count). The number of hydrogen-bond acceptors (Lipinski definition) is 4. The molecule has 1 amide bonds. The summed E-state index contributed by atoms with van der Waals surface area (Å²) in [5.41, 5.74) is -1.29. The highest BCUT2D eigenvalue weighted by molar-refractivity contribution is 5.97. The molecule has 0 bridgehead atoms. The number of hydrogen-bond donors (Lipinski definition) is 1. The van der Waals surface area contributed by atoms with Gasteiger partial charge in [0.15, 0.2) is 6.61 Å². The van der Waals surface area contributed by atoms with Crippen molar-refractivity contribution in [3.05, 3.63) is 59.7 Å². The first-order chi connectivity index (χ1) is 11.8. The maximum atomic E-state index is 12.9. The van der Waals surface area contributed by atoms with Crippen LogP contribution in [0.5, 0.6) is 5.75 Å². The molecule has 0 aliphatic heterocycles. The molecule has 0 radical (unpaired) electrons. The molecule has 0 aliphatic rings. The lowest BCUT2D eigenvalue weighted by molar-refractivity contribution is -0.137.